The van der Waals surface area contributed by atoms with Crippen molar-refractivity contribution in [3.8, 4) is 5.75 Å². The molecule has 0 bridgehead atoms. The van der Waals surface area contributed by atoms with Crippen LogP contribution in [-0.2, 0) is 14.8 Å². The molecular weight excluding hydrogens is 340 g/mol. The fourth-order valence-electron chi connectivity index (χ4n) is 2.19. The van der Waals surface area contributed by atoms with Crippen LogP contribution in [0.1, 0.15) is 0 Å². The molecule has 23 heavy (non-hydrogen) atoms. The Bertz CT molecular complexity index is 883. The van der Waals surface area contributed by atoms with Crippen molar-refractivity contribution in [1.29, 1.82) is 0 Å². The van der Waals surface area contributed by atoms with Gasteiger partial charge in [-0.15, -0.1) is 0 Å². The Morgan fingerprint density at radius 3 is 2.74 bits per heavy atom. The van der Waals surface area contributed by atoms with E-state index in [1.807, 2.05) is 0 Å². The summed E-state index contributed by atoms with van der Waals surface area (Å²) in [5, 5.41) is 0.425. The Labute approximate surface area is 138 Å². The summed E-state index contributed by atoms with van der Waals surface area (Å²) < 4.78 is 32.7. The number of benzene rings is 2. The number of carbonyl (C=O) groups is 1. The molecule has 6 nitrogen and oxygen atoms in total. The van der Waals surface area contributed by atoms with Crippen LogP contribution in [0.5, 0.6) is 5.75 Å². The standard InChI is InChI=1S/C15H13ClN2O4S/c1-18-13-8-12(5-6-14(13)22-9-15(18)19)23(20,21)17-11-4-2-3-10(16)7-11/h2-8,17H,9H2,1H3. The number of amides is 1. The summed E-state index contributed by atoms with van der Waals surface area (Å²) in [6, 6.07) is 10.8. The van der Waals surface area contributed by atoms with E-state index < -0.39 is 10.0 Å². The molecule has 1 amide bonds. The number of rotatable bonds is 3. The molecule has 0 spiro atoms. The molecule has 0 saturated carbocycles. The van der Waals surface area contributed by atoms with Gasteiger partial charge in [0, 0.05) is 12.1 Å². The number of hydrogen-bond acceptors (Lipinski definition) is 4. The van der Waals surface area contributed by atoms with Crippen LogP contribution in [0.2, 0.25) is 5.02 Å². The highest BCUT2D eigenvalue weighted by atomic mass is 35.5. The molecule has 1 heterocycles. The molecule has 1 N–H and O–H groups in total. The van der Waals surface area contributed by atoms with E-state index in [1.165, 1.54) is 29.2 Å². The van der Waals surface area contributed by atoms with E-state index in [0.717, 1.165) is 0 Å². The Kier molecular flexibility index (Phi) is 3.91. The van der Waals surface area contributed by atoms with Crippen LogP contribution < -0.4 is 14.4 Å². The number of anilines is 2. The van der Waals surface area contributed by atoms with Crippen molar-refractivity contribution < 1.29 is 17.9 Å². The molecule has 8 heteroatoms. The van der Waals surface area contributed by atoms with Gasteiger partial charge in [-0.25, -0.2) is 8.42 Å². The lowest BCUT2D eigenvalue weighted by atomic mass is 10.2. The van der Waals surface area contributed by atoms with Crippen molar-refractivity contribution >= 4 is 38.9 Å². The summed E-state index contributed by atoms with van der Waals surface area (Å²) in [6.07, 6.45) is 0. The number of nitrogens with zero attached hydrogens (tertiary/aromatic N) is 1. The lowest BCUT2D eigenvalue weighted by Gasteiger charge is -2.26. The first-order valence-corrected chi connectivity index (χ1v) is 8.55. The van der Waals surface area contributed by atoms with Crippen LogP contribution >= 0.6 is 11.6 Å². The summed E-state index contributed by atoms with van der Waals surface area (Å²) in [7, 11) is -2.23. The summed E-state index contributed by atoms with van der Waals surface area (Å²) in [5.74, 6) is 0.226. The first-order chi connectivity index (χ1) is 10.9. The quantitative estimate of drug-likeness (QED) is 0.920. The molecule has 0 atom stereocenters. The smallest absolute Gasteiger partial charge is 0.264 e. The average molecular weight is 353 g/mol. The van der Waals surface area contributed by atoms with E-state index in [0.29, 0.717) is 22.1 Å². The van der Waals surface area contributed by atoms with Crippen molar-refractivity contribution in [3.63, 3.8) is 0 Å². The lowest BCUT2D eigenvalue weighted by Crippen LogP contribution is -2.35. The second kappa shape index (κ2) is 5.75. The number of fused-ring (bicyclic) bond motifs is 1. The van der Waals surface area contributed by atoms with E-state index in [2.05, 4.69) is 4.72 Å². The highest BCUT2D eigenvalue weighted by Gasteiger charge is 2.25. The molecule has 1 aliphatic heterocycles. The van der Waals surface area contributed by atoms with E-state index >= 15 is 0 Å². The summed E-state index contributed by atoms with van der Waals surface area (Å²) >= 11 is 5.85. The summed E-state index contributed by atoms with van der Waals surface area (Å²) in [4.78, 5) is 13.1. The zero-order chi connectivity index (χ0) is 16.6. The SMILES string of the molecule is CN1C(=O)COc2ccc(S(=O)(=O)Nc3cccc(Cl)c3)cc21. The minimum atomic E-state index is -3.81. The van der Waals surface area contributed by atoms with Gasteiger partial charge in [0.2, 0.25) is 0 Å². The minimum absolute atomic E-state index is 0.0291. The molecule has 0 unspecified atom stereocenters. The van der Waals surface area contributed by atoms with Gasteiger partial charge in [-0.3, -0.25) is 9.52 Å². The fraction of sp³-hybridized carbons (Fsp3) is 0.133. The number of hydrogen-bond donors (Lipinski definition) is 1. The predicted molar refractivity (Wildman–Crippen MR) is 87.6 cm³/mol. The van der Waals surface area contributed by atoms with Crippen molar-refractivity contribution in [2.24, 2.45) is 0 Å². The number of halogens is 1. The Hall–Kier alpha value is -2.25. The highest BCUT2D eigenvalue weighted by Crippen LogP contribution is 2.33. The Morgan fingerprint density at radius 2 is 2.00 bits per heavy atom. The normalized spacial score (nSPS) is 14.2. The molecule has 2 aromatic rings. The van der Waals surface area contributed by atoms with Crippen LogP contribution in [-0.4, -0.2) is 28.0 Å². The number of likely N-dealkylation sites (N-methyl/N-ethyl adjacent to an activating group) is 1. The Morgan fingerprint density at radius 1 is 1.22 bits per heavy atom. The predicted octanol–water partition coefficient (Wildman–Crippen LogP) is 2.50. The van der Waals surface area contributed by atoms with E-state index in [9.17, 15) is 13.2 Å². The van der Waals surface area contributed by atoms with Crippen LogP contribution in [0, 0.1) is 0 Å². The molecular formula is C15H13ClN2O4S. The zero-order valence-electron chi connectivity index (χ0n) is 12.1. The fourth-order valence-corrected chi connectivity index (χ4v) is 3.44. The third-order valence-electron chi connectivity index (χ3n) is 3.40. The van der Waals surface area contributed by atoms with Crippen molar-refractivity contribution in [2.45, 2.75) is 4.90 Å². The highest BCUT2D eigenvalue weighted by molar-refractivity contribution is 7.92. The molecule has 0 aliphatic carbocycles. The third-order valence-corrected chi connectivity index (χ3v) is 5.02. The maximum Gasteiger partial charge on any atom is 0.264 e. The van der Waals surface area contributed by atoms with Gasteiger partial charge in [0.05, 0.1) is 16.3 Å². The molecule has 0 fully saturated rings. The molecule has 2 aromatic carbocycles. The monoisotopic (exact) mass is 352 g/mol. The lowest BCUT2D eigenvalue weighted by molar-refractivity contribution is -0.120. The van der Waals surface area contributed by atoms with Crippen LogP contribution in [0.4, 0.5) is 11.4 Å². The molecule has 120 valence electrons. The van der Waals surface area contributed by atoms with E-state index in [1.54, 1.807) is 25.2 Å². The molecule has 0 aromatic heterocycles. The molecule has 3 rings (SSSR count). The average Bonchev–Trinajstić information content (AvgIpc) is 2.50. The number of nitrogens with one attached hydrogen (secondary N) is 1. The van der Waals surface area contributed by atoms with Crippen LogP contribution in [0.3, 0.4) is 0 Å². The first kappa shape index (κ1) is 15.6. The third kappa shape index (κ3) is 3.11. The van der Waals surface area contributed by atoms with Gasteiger partial charge in [0.25, 0.3) is 15.9 Å². The van der Waals surface area contributed by atoms with Gasteiger partial charge < -0.3 is 9.64 Å². The van der Waals surface area contributed by atoms with Crippen molar-refractivity contribution in [1.82, 2.24) is 0 Å². The topological polar surface area (TPSA) is 75.7 Å². The zero-order valence-corrected chi connectivity index (χ0v) is 13.7. The van der Waals surface area contributed by atoms with Crippen molar-refractivity contribution in [2.75, 3.05) is 23.3 Å². The maximum absolute atomic E-state index is 12.5. The summed E-state index contributed by atoms with van der Waals surface area (Å²) in [6.45, 7) is -0.0592. The van der Waals surface area contributed by atoms with E-state index in [-0.39, 0.29) is 17.4 Å². The van der Waals surface area contributed by atoms with Gasteiger partial charge in [0.1, 0.15) is 5.75 Å². The van der Waals surface area contributed by atoms with Gasteiger partial charge in [-0.1, -0.05) is 17.7 Å². The molecule has 0 saturated heterocycles. The van der Waals surface area contributed by atoms with Crippen LogP contribution in [0.25, 0.3) is 0 Å². The molecule has 0 radical (unpaired) electrons. The second-order valence-corrected chi connectivity index (χ2v) is 7.11. The number of ether oxygens (including phenoxy) is 1. The molecule has 1 aliphatic rings. The van der Waals surface area contributed by atoms with Gasteiger partial charge in [-0.05, 0) is 36.4 Å². The largest absolute Gasteiger partial charge is 0.482 e. The summed E-state index contributed by atoms with van der Waals surface area (Å²) in [5.41, 5.74) is 0.770. The van der Waals surface area contributed by atoms with Gasteiger partial charge in [-0.2, -0.15) is 0 Å². The van der Waals surface area contributed by atoms with Crippen molar-refractivity contribution in [3.05, 3.63) is 47.5 Å². The number of sulfonamides is 1. The maximum atomic E-state index is 12.5. The van der Waals surface area contributed by atoms with Gasteiger partial charge in [0.15, 0.2) is 6.61 Å². The second-order valence-electron chi connectivity index (χ2n) is 4.99. The van der Waals surface area contributed by atoms with Gasteiger partial charge >= 0.3 is 0 Å². The van der Waals surface area contributed by atoms with Crippen LogP contribution in [0.15, 0.2) is 47.4 Å². The minimum Gasteiger partial charge on any atom is -0.482 e. The Balaban J connectivity index is 1.96. The number of carbonyl (C=O) groups excluding carboxylic acids is 1. The first-order valence-electron chi connectivity index (χ1n) is 6.68. The van der Waals surface area contributed by atoms with E-state index in [4.69, 9.17) is 16.3 Å².